The Hall–Kier alpha value is -3.35. The van der Waals surface area contributed by atoms with E-state index in [1.807, 2.05) is 6.07 Å². The van der Waals surface area contributed by atoms with Gasteiger partial charge in [-0.05, 0) is 42.8 Å². The lowest BCUT2D eigenvalue weighted by atomic mass is 10.1. The summed E-state index contributed by atoms with van der Waals surface area (Å²) in [4.78, 5) is 35.6. The maximum absolute atomic E-state index is 12.4. The molecule has 0 aromatic heterocycles. The number of amides is 3. The van der Waals surface area contributed by atoms with Crippen LogP contribution in [-0.4, -0.2) is 30.9 Å². The Morgan fingerprint density at radius 1 is 1.08 bits per heavy atom. The van der Waals surface area contributed by atoms with E-state index in [-0.39, 0.29) is 17.7 Å². The number of nitrogens with one attached hydrogen (secondary N) is 3. The number of hydrogen-bond acceptors (Lipinski definition) is 4. The predicted molar refractivity (Wildman–Crippen MR) is 97.2 cm³/mol. The van der Waals surface area contributed by atoms with E-state index < -0.39 is 6.04 Å². The molecule has 1 aliphatic rings. The molecule has 7 heteroatoms. The van der Waals surface area contributed by atoms with Crippen LogP contribution in [0.3, 0.4) is 0 Å². The molecule has 1 saturated heterocycles. The molecule has 0 unspecified atom stereocenters. The number of para-hydroxylation sites is 2. The molecule has 0 saturated carbocycles. The molecule has 0 spiro atoms. The second-order valence-electron chi connectivity index (χ2n) is 5.88. The fourth-order valence-corrected chi connectivity index (χ4v) is 2.69. The molecule has 0 aliphatic carbocycles. The third-order valence-electron chi connectivity index (χ3n) is 4.08. The van der Waals surface area contributed by atoms with E-state index in [9.17, 15) is 14.4 Å². The van der Waals surface area contributed by atoms with E-state index in [0.29, 0.717) is 35.5 Å². The van der Waals surface area contributed by atoms with E-state index in [4.69, 9.17) is 4.74 Å². The summed E-state index contributed by atoms with van der Waals surface area (Å²) < 4.78 is 5.21. The molecule has 3 amide bonds. The third kappa shape index (κ3) is 4.00. The van der Waals surface area contributed by atoms with Gasteiger partial charge in [0.15, 0.2) is 0 Å². The van der Waals surface area contributed by atoms with Crippen LogP contribution in [0.2, 0.25) is 0 Å². The smallest absolute Gasteiger partial charge is 0.255 e. The van der Waals surface area contributed by atoms with E-state index in [1.165, 1.54) is 7.11 Å². The largest absolute Gasteiger partial charge is 0.495 e. The molecule has 1 fully saturated rings. The first kappa shape index (κ1) is 17.5. The molecule has 134 valence electrons. The van der Waals surface area contributed by atoms with Crippen molar-refractivity contribution in [3.63, 3.8) is 0 Å². The standard InChI is InChI=1S/C19H19N3O4/c1-26-16-5-3-2-4-14(16)22-18(24)12-6-8-13(9-7-12)20-19(25)15-10-11-17(23)21-15/h2-9,15H,10-11H2,1H3,(H,20,25)(H,21,23)(H,22,24)/t15-/m0/s1. The summed E-state index contributed by atoms with van der Waals surface area (Å²) in [5.74, 6) is -0.0886. The average molecular weight is 353 g/mol. The second-order valence-corrected chi connectivity index (χ2v) is 5.88. The summed E-state index contributed by atoms with van der Waals surface area (Å²) >= 11 is 0. The Morgan fingerprint density at radius 3 is 2.46 bits per heavy atom. The Morgan fingerprint density at radius 2 is 1.81 bits per heavy atom. The lowest BCUT2D eigenvalue weighted by Crippen LogP contribution is -2.37. The van der Waals surface area contributed by atoms with Crippen LogP contribution in [0.4, 0.5) is 11.4 Å². The van der Waals surface area contributed by atoms with Crippen LogP contribution in [0.15, 0.2) is 48.5 Å². The summed E-state index contributed by atoms with van der Waals surface area (Å²) in [5, 5.41) is 8.14. The molecule has 2 aromatic rings. The van der Waals surface area contributed by atoms with Gasteiger partial charge in [-0.15, -0.1) is 0 Å². The third-order valence-corrected chi connectivity index (χ3v) is 4.08. The Kier molecular flexibility index (Phi) is 5.17. The molecule has 3 N–H and O–H groups in total. The van der Waals surface area contributed by atoms with Crippen LogP contribution >= 0.6 is 0 Å². The summed E-state index contributed by atoms with van der Waals surface area (Å²) in [7, 11) is 1.54. The minimum atomic E-state index is -0.504. The summed E-state index contributed by atoms with van der Waals surface area (Å²) in [6.07, 6.45) is 0.851. The van der Waals surface area contributed by atoms with Gasteiger partial charge in [0.25, 0.3) is 5.91 Å². The maximum Gasteiger partial charge on any atom is 0.255 e. The summed E-state index contributed by atoms with van der Waals surface area (Å²) in [5.41, 5.74) is 1.59. The number of rotatable bonds is 5. The van der Waals surface area contributed by atoms with Crippen molar-refractivity contribution >= 4 is 29.1 Å². The van der Waals surface area contributed by atoms with Crippen LogP contribution < -0.4 is 20.7 Å². The lowest BCUT2D eigenvalue weighted by molar-refractivity contribution is -0.122. The molecular formula is C19H19N3O4. The summed E-state index contributed by atoms with van der Waals surface area (Å²) in [6, 6.07) is 13.2. The lowest BCUT2D eigenvalue weighted by Gasteiger charge is -2.12. The number of methoxy groups -OCH3 is 1. The Bertz CT molecular complexity index is 833. The number of benzene rings is 2. The molecule has 0 bridgehead atoms. The van der Waals surface area contributed by atoms with E-state index in [1.54, 1.807) is 42.5 Å². The van der Waals surface area contributed by atoms with Crippen molar-refractivity contribution in [1.82, 2.24) is 5.32 Å². The fraction of sp³-hybridized carbons (Fsp3) is 0.211. The SMILES string of the molecule is COc1ccccc1NC(=O)c1ccc(NC(=O)[C@@H]2CCC(=O)N2)cc1. The van der Waals surface area contributed by atoms with E-state index in [2.05, 4.69) is 16.0 Å². The van der Waals surface area contributed by atoms with Gasteiger partial charge in [-0.3, -0.25) is 14.4 Å². The van der Waals surface area contributed by atoms with Crippen LogP contribution in [0.25, 0.3) is 0 Å². The van der Waals surface area contributed by atoms with Gasteiger partial charge in [-0.25, -0.2) is 0 Å². The minimum Gasteiger partial charge on any atom is -0.495 e. The van der Waals surface area contributed by atoms with E-state index >= 15 is 0 Å². The van der Waals surface area contributed by atoms with Crippen molar-refractivity contribution in [2.45, 2.75) is 18.9 Å². The van der Waals surface area contributed by atoms with Gasteiger partial charge in [0.05, 0.1) is 12.8 Å². The van der Waals surface area contributed by atoms with Crippen molar-refractivity contribution in [3.05, 3.63) is 54.1 Å². The number of ether oxygens (including phenoxy) is 1. The molecule has 2 aromatic carbocycles. The van der Waals surface area contributed by atoms with Gasteiger partial charge in [-0.2, -0.15) is 0 Å². The van der Waals surface area contributed by atoms with Crippen LogP contribution in [0.1, 0.15) is 23.2 Å². The van der Waals surface area contributed by atoms with Gasteiger partial charge in [0, 0.05) is 17.7 Å². The fourth-order valence-electron chi connectivity index (χ4n) is 2.69. The number of carbonyl (C=O) groups is 3. The van der Waals surface area contributed by atoms with Crippen LogP contribution in [0.5, 0.6) is 5.75 Å². The summed E-state index contributed by atoms with van der Waals surface area (Å²) in [6.45, 7) is 0. The Balaban J connectivity index is 1.62. The highest BCUT2D eigenvalue weighted by Crippen LogP contribution is 2.24. The first-order chi connectivity index (χ1) is 12.6. The number of hydrogen-bond donors (Lipinski definition) is 3. The zero-order valence-corrected chi connectivity index (χ0v) is 14.2. The van der Waals surface area contributed by atoms with Gasteiger partial charge in [0.2, 0.25) is 11.8 Å². The zero-order valence-electron chi connectivity index (χ0n) is 14.2. The van der Waals surface area contributed by atoms with Crippen molar-refractivity contribution < 1.29 is 19.1 Å². The highest BCUT2D eigenvalue weighted by atomic mass is 16.5. The molecule has 1 atom stereocenters. The monoisotopic (exact) mass is 353 g/mol. The van der Waals surface area contributed by atoms with Crippen LogP contribution in [0, 0.1) is 0 Å². The predicted octanol–water partition coefficient (Wildman–Crippen LogP) is 2.16. The van der Waals surface area contributed by atoms with Gasteiger partial charge in [0.1, 0.15) is 11.8 Å². The molecule has 3 rings (SSSR count). The number of carbonyl (C=O) groups excluding carboxylic acids is 3. The van der Waals surface area contributed by atoms with Gasteiger partial charge < -0.3 is 20.7 Å². The average Bonchev–Trinajstić information content (AvgIpc) is 3.09. The van der Waals surface area contributed by atoms with Gasteiger partial charge >= 0.3 is 0 Å². The van der Waals surface area contributed by atoms with Crippen molar-refractivity contribution in [3.8, 4) is 5.75 Å². The van der Waals surface area contributed by atoms with Crippen molar-refractivity contribution in [1.29, 1.82) is 0 Å². The van der Waals surface area contributed by atoms with Gasteiger partial charge in [-0.1, -0.05) is 12.1 Å². The topological polar surface area (TPSA) is 96.5 Å². The molecule has 1 aliphatic heterocycles. The van der Waals surface area contributed by atoms with Crippen LogP contribution in [-0.2, 0) is 9.59 Å². The minimum absolute atomic E-state index is 0.117. The molecule has 7 nitrogen and oxygen atoms in total. The van der Waals surface area contributed by atoms with Crippen molar-refractivity contribution in [2.24, 2.45) is 0 Å². The second kappa shape index (κ2) is 7.69. The highest BCUT2D eigenvalue weighted by molar-refractivity contribution is 6.05. The normalized spacial score (nSPS) is 15.9. The molecule has 1 heterocycles. The highest BCUT2D eigenvalue weighted by Gasteiger charge is 2.27. The van der Waals surface area contributed by atoms with E-state index in [0.717, 1.165) is 0 Å². The maximum atomic E-state index is 12.4. The number of anilines is 2. The molecule has 26 heavy (non-hydrogen) atoms. The first-order valence-corrected chi connectivity index (χ1v) is 8.21. The molecule has 0 radical (unpaired) electrons. The zero-order chi connectivity index (χ0) is 18.5. The first-order valence-electron chi connectivity index (χ1n) is 8.21. The quantitative estimate of drug-likeness (QED) is 0.767. The molecular weight excluding hydrogens is 334 g/mol. The Labute approximate surface area is 150 Å². The van der Waals surface area contributed by atoms with Crippen molar-refractivity contribution in [2.75, 3.05) is 17.7 Å².